The summed E-state index contributed by atoms with van der Waals surface area (Å²) >= 11 is 0. The van der Waals surface area contributed by atoms with Crippen molar-refractivity contribution in [2.45, 2.75) is 33.3 Å². The Kier molecular flexibility index (Phi) is 4.28. The van der Waals surface area contributed by atoms with Gasteiger partial charge in [0.25, 0.3) is 5.91 Å². The molecule has 0 unspecified atom stereocenters. The Balaban J connectivity index is 2.45. The molecule has 0 atom stereocenters. The number of hydrogen-bond acceptors (Lipinski definition) is 3. The molecule has 0 saturated heterocycles. The minimum atomic E-state index is -0.917. The molecule has 0 fully saturated rings. The summed E-state index contributed by atoms with van der Waals surface area (Å²) in [6, 6.07) is 9.52. The third-order valence-electron chi connectivity index (χ3n) is 3.34. The van der Waals surface area contributed by atoms with Gasteiger partial charge in [-0.1, -0.05) is 18.2 Å². The van der Waals surface area contributed by atoms with Crippen molar-refractivity contribution in [2.24, 2.45) is 0 Å². The Morgan fingerprint density at radius 2 is 2.00 bits per heavy atom. The van der Waals surface area contributed by atoms with E-state index in [9.17, 15) is 9.90 Å². The zero-order chi connectivity index (χ0) is 15.6. The van der Waals surface area contributed by atoms with Crippen LogP contribution in [0.5, 0.6) is 0 Å². The minimum Gasteiger partial charge on any atom is -0.389 e. The van der Waals surface area contributed by atoms with E-state index in [0.29, 0.717) is 18.7 Å². The number of aromatic nitrogens is 1. The molecule has 2 aromatic rings. The van der Waals surface area contributed by atoms with Gasteiger partial charge in [0.15, 0.2) is 0 Å². The number of fused-ring (bicyclic) bond motifs is 1. The number of likely N-dealkylation sites (N-methyl/N-ethyl adjacent to an activating group) is 1. The van der Waals surface area contributed by atoms with Crippen molar-refractivity contribution in [3.63, 3.8) is 0 Å². The van der Waals surface area contributed by atoms with Gasteiger partial charge in [-0.15, -0.1) is 0 Å². The predicted molar refractivity (Wildman–Crippen MR) is 84.4 cm³/mol. The molecule has 0 saturated carbocycles. The highest BCUT2D eigenvalue weighted by molar-refractivity contribution is 6.05. The van der Waals surface area contributed by atoms with Crippen LogP contribution in [-0.4, -0.2) is 39.6 Å². The van der Waals surface area contributed by atoms with Crippen LogP contribution >= 0.6 is 0 Å². The van der Waals surface area contributed by atoms with Gasteiger partial charge < -0.3 is 10.0 Å². The highest BCUT2D eigenvalue weighted by atomic mass is 16.3. The van der Waals surface area contributed by atoms with E-state index >= 15 is 0 Å². The molecule has 21 heavy (non-hydrogen) atoms. The molecule has 4 heteroatoms. The lowest BCUT2D eigenvalue weighted by molar-refractivity contribution is 0.0315. The number of amides is 1. The summed E-state index contributed by atoms with van der Waals surface area (Å²) in [5.74, 6) is -0.0941. The van der Waals surface area contributed by atoms with Crippen LogP contribution in [0.2, 0.25) is 0 Å². The lowest BCUT2D eigenvalue weighted by atomic mass is 10.1. The average molecular weight is 286 g/mol. The van der Waals surface area contributed by atoms with Crippen LogP contribution in [0, 0.1) is 6.92 Å². The highest BCUT2D eigenvalue weighted by Gasteiger charge is 2.23. The fourth-order valence-corrected chi connectivity index (χ4v) is 2.38. The summed E-state index contributed by atoms with van der Waals surface area (Å²) in [5, 5.41) is 10.9. The summed E-state index contributed by atoms with van der Waals surface area (Å²) in [6.45, 7) is 8.07. The molecule has 0 spiro atoms. The first-order valence-corrected chi connectivity index (χ1v) is 7.20. The van der Waals surface area contributed by atoms with Crippen LogP contribution in [0.1, 0.15) is 36.8 Å². The second-order valence-electron chi connectivity index (χ2n) is 5.96. The first-order chi connectivity index (χ1) is 9.81. The zero-order valence-electron chi connectivity index (χ0n) is 13.1. The Labute approximate surface area is 125 Å². The number of nitrogens with zero attached hydrogens (tertiary/aromatic N) is 2. The minimum absolute atomic E-state index is 0.0941. The molecule has 1 aromatic carbocycles. The molecule has 2 rings (SSSR count). The molecule has 1 amide bonds. The molecule has 1 heterocycles. The second-order valence-corrected chi connectivity index (χ2v) is 5.96. The number of aryl methyl sites for hydroxylation is 1. The Bertz CT molecular complexity index is 659. The van der Waals surface area contributed by atoms with Gasteiger partial charge in [-0.3, -0.25) is 9.78 Å². The fourth-order valence-electron chi connectivity index (χ4n) is 2.38. The molecule has 0 radical (unpaired) electrons. The number of aliphatic hydroxyl groups is 1. The van der Waals surface area contributed by atoms with E-state index in [0.717, 1.165) is 16.6 Å². The van der Waals surface area contributed by atoms with Crippen LogP contribution in [0.4, 0.5) is 0 Å². The third kappa shape index (κ3) is 3.58. The Morgan fingerprint density at radius 3 is 2.62 bits per heavy atom. The first kappa shape index (κ1) is 15.4. The topological polar surface area (TPSA) is 53.4 Å². The van der Waals surface area contributed by atoms with Crippen LogP contribution in [0.25, 0.3) is 10.9 Å². The van der Waals surface area contributed by atoms with Crippen molar-refractivity contribution >= 4 is 16.8 Å². The molecule has 0 aliphatic carbocycles. The molecular weight excluding hydrogens is 264 g/mol. The molecule has 1 aromatic heterocycles. The van der Waals surface area contributed by atoms with Crippen molar-refractivity contribution in [2.75, 3.05) is 13.1 Å². The van der Waals surface area contributed by atoms with Gasteiger partial charge in [-0.25, -0.2) is 0 Å². The normalized spacial score (nSPS) is 11.7. The second kappa shape index (κ2) is 5.82. The number of benzene rings is 1. The molecule has 1 N–H and O–H groups in total. The maximum atomic E-state index is 12.8. The maximum Gasteiger partial charge on any atom is 0.256 e. The number of hydrogen-bond donors (Lipinski definition) is 1. The number of para-hydroxylation sites is 1. The van der Waals surface area contributed by atoms with Crippen molar-refractivity contribution in [1.29, 1.82) is 0 Å². The van der Waals surface area contributed by atoms with Gasteiger partial charge in [-0.05, 0) is 39.8 Å². The summed E-state index contributed by atoms with van der Waals surface area (Å²) in [5.41, 5.74) is 1.27. The summed E-state index contributed by atoms with van der Waals surface area (Å²) in [7, 11) is 0. The zero-order valence-corrected chi connectivity index (χ0v) is 13.1. The summed E-state index contributed by atoms with van der Waals surface area (Å²) < 4.78 is 0. The Hall–Kier alpha value is -1.94. The number of carbonyl (C=O) groups excluding carboxylic acids is 1. The average Bonchev–Trinajstić information content (AvgIpc) is 2.42. The van der Waals surface area contributed by atoms with Crippen molar-refractivity contribution in [3.05, 3.63) is 41.6 Å². The molecule has 0 aliphatic heterocycles. The predicted octanol–water partition coefficient (Wildman–Crippen LogP) is 2.78. The van der Waals surface area contributed by atoms with Gasteiger partial charge in [0, 0.05) is 24.2 Å². The van der Waals surface area contributed by atoms with E-state index in [2.05, 4.69) is 4.98 Å². The fraction of sp³-hybridized carbons (Fsp3) is 0.412. The molecule has 0 aliphatic rings. The largest absolute Gasteiger partial charge is 0.389 e. The first-order valence-electron chi connectivity index (χ1n) is 7.20. The number of carbonyl (C=O) groups is 1. The van der Waals surface area contributed by atoms with Crippen LogP contribution in [0.15, 0.2) is 30.3 Å². The van der Waals surface area contributed by atoms with Crippen LogP contribution in [0.3, 0.4) is 0 Å². The highest BCUT2D eigenvalue weighted by Crippen LogP contribution is 2.20. The van der Waals surface area contributed by atoms with Gasteiger partial charge in [0.05, 0.1) is 16.7 Å². The van der Waals surface area contributed by atoms with Gasteiger partial charge >= 0.3 is 0 Å². The van der Waals surface area contributed by atoms with E-state index in [1.54, 1.807) is 24.8 Å². The smallest absolute Gasteiger partial charge is 0.256 e. The summed E-state index contributed by atoms with van der Waals surface area (Å²) in [4.78, 5) is 18.9. The molecule has 4 nitrogen and oxygen atoms in total. The van der Waals surface area contributed by atoms with E-state index in [1.165, 1.54) is 0 Å². The van der Waals surface area contributed by atoms with Crippen LogP contribution in [-0.2, 0) is 0 Å². The van der Waals surface area contributed by atoms with Crippen molar-refractivity contribution in [1.82, 2.24) is 9.88 Å². The summed E-state index contributed by atoms with van der Waals surface area (Å²) in [6.07, 6.45) is 0. The monoisotopic (exact) mass is 286 g/mol. The Morgan fingerprint density at radius 1 is 1.29 bits per heavy atom. The van der Waals surface area contributed by atoms with E-state index < -0.39 is 5.60 Å². The van der Waals surface area contributed by atoms with E-state index in [-0.39, 0.29) is 5.91 Å². The molecule has 0 bridgehead atoms. The number of pyridine rings is 1. The lowest BCUT2D eigenvalue weighted by Gasteiger charge is -2.28. The van der Waals surface area contributed by atoms with E-state index in [4.69, 9.17) is 0 Å². The number of rotatable bonds is 4. The maximum absolute atomic E-state index is 12.8. The standard InChI is InChI=1S/C17H22N2O2/c1-5-19(11-17(3,4)21)16(20)14-8-6-7-13-10-9-12(2)18-15(13)14/h6-10,21H,5,11H2,1-4H3. The quantitative estimate of drug-likeness (QED) is 0.940. The lowest BCUT2D eigenvalue weighted by Crippen LogP contribution is -2.42. The molecule has 112 valence electrons. The van der Waals surface area contributed by atoms with Crippen molar-refractivity contribution < 1.29 is 9.90 Å². The third-order valence-corrected chi connectivity index (χ3v) is 3.34. The van der Waals surface area contributed by atoms with Crippen LogP contribution < -0.4 is 0 Å². The van der Waals surface area contributed by atoms with E-state index in [1.807, 2.05) is 38.1 Å². The van der Waals surface area contributed by atoms with Gasteiger partial charge in [-0.2, -0.15) is 0 Å². The van der Waals surface area contributed by atoms with Crippen molar-refractivity contribution in [3.8, 4) is 0 Å². The van der Waals surface area contributed by atoms with Gasteiger partial charge in [0.2, 0.25) is 0 Å². The SMILES string of the molecule is CCN(CC(C)(C)O)C(=O)c1cccc2ccc(C)nc12. The molecular formula is C17H22N2O2. The van der Waals surface area contributed by atoms with Gasteiger partial charge in [0.1, 0.15) is 0 Å².